The van der Waals surface area contributed by atoms with Gasteiger partial charge in [0.15, 0.2) is 0 Å². The number of rotatable bonds is 3. The Bertz CT molecular complexity index is 521. The van der Waals surface area contributed by atoms with E-state index in [0.717, 1.165) is 31.7 Å². The molecule has 1 fully saturated rings. The van der Waals surface area contributed by atoms with E-state index in [4.69, 9.17) is 0 Å². The van der Waals surface area contributed by atoms with E-state index in [9.17, 15) is 4.39 Å². The summed E-state index contributed by atoms with van der Waals surface area (Å²) in [6, 6.07) is 9.29. The van der Waals surface area contributed by atoms with Crippen molar-refractivity contribution in [3.8, 4) is 0 Å². The molecule has 100 valence electrons. The van der Waals surface area contributed by atoms with Crippen molar-refractivity contribution in [3.63, 3.8) is 0 Å². The molecular weight excluding hydrogens is 259 g/mol. The predicted molar refractivity (Wildman–Crippen MR) is 77.0 cm³/mol. The number of nitrogens with one attached hydrogen (secondary N) is 1. The number of hydrogen-bond acceptors (Lipinski definition) is 3. The molecule has 1 atom stereocenters. The lowest BCUT2D eigenvalue weighted by molar-refractivity contribution is 0.198. The lowest BCUT2D eigenvalue weighted by Crippen LogP contribution is -2.45. The topological polar surface area (TPSA) is 15.3 Å². The first-order valence-corrected chi connectivity index (χ1v) is 7.51. The minimum Gasteiger partial charge on any atom is -0.314 e. The van der Waals surface area contributed by atoms with E-state index < -0.39 is 0 Å². The van der Waals surface area contributed by atoms with Crippen LogP contribution >= 0.6 is 11.3 Å². The zero-order valence-electron chi connectivity index (χ0n) is 10.7. The van der Waals surface area contributed by atoms with E-state index in [-0.39, 0.29) is 11.9 Å². The van der Waals surface area contributed by atoms with Crippen molar-refractivity contribution in [2.24, 2.45) is 0 Å². The van der Waals surface area contributed by atoms with Crippen LogP contribution in [-0.2, 0) is 0 Å². The summed E-state index contributed by atoms with van der Waals surface area (Å²) in [7, 11) is 0. The second kappa shape index (κ2) is 5.82. The van der Waals surface area contributed by atoms with Crippen LogP contribution in [0.2, 0.25) is 0 Å². The molecule has 19 heavy (non-hydrogen) atoms. The zero-order valence-corrected chi connectivity index (χ0v) is 11.5. The molecule has 2 nitrogen and oxygen atoms in total. The fourth-order valence-corrected chi connectivity index (χ4v) is 3.34. The molecule has 1 aliphatic heterocycles. The van der Waals surface area contributed by atoms with Crippen molar-refractivity contribution in [2.75, 3.05) is 26.2 Å². The van der Waals surface area contributed by atoms with Crippen LogP contribution in [0.1, 0.15) is 17.2 Å². The first-order valence-electron chi connectivity index (χ1n) is 6.57. The second-order valence-electron chi connectivity index (χ2n) is 4.80. The van der Waals surface area contributed by atoms with Gasteiger partial charge < -0.3 is 5.32 Å². The molecule has 1 N–H and O–H groups in total. The Morgan fingerprint density at radius 3 is 2.68 bits per heavy atom. The molecule has 1 aromatic carbocycles. The highest BCUT2D eigenvalue weighted by atomic mass is 32.1. The molecule has 0 radical (unpaired) electrons. The van der Waals surface area contributed by atoms with Crippen LogP contribution in [0, 0.1) is 5.82 Å². The van der Waals surface area contributed by atoms with E-state index in [2.05, 4.69) is 27.0 Å². The van der Waals surface area contributed by atoms with Crippen LogP contribution in [0.4, 0.5) is 4.39 Å². The van der Waals surface area contributed by atoms with Gasteiger partial charge in [-0.3, -0.25) is 4.90 Å². The molecule has 0 spiro atoms. The minimum atomic E-state index is -0.159. The quantitative estimate of drug-likeness (QED) is 0.927. The molecule has 1 aliphatic rings. The van der Waals surface area contributed by atoms with Gasteiger partial charge in [-0.15, -0.1) is 0 Å². The van der Waals surface area contributed by atoms with Crippen LogP contribution in [0.3, 0.4) is 0 Å². The third-order valence-corrected chi connectivity index (χ3v) is 4.24. The third kappa shape index (κ3) is 2.86. The molecule has 0 amide bonds. The maximum absolute atomic E-state index is 13.5. The molecule has 2 aromatic rings. The number of nitrogens with zero attached hydrogens (tertiary/aromatic N) is 1. The average Bonchev–Trinajstić information content (AvgIpc) is 2.94. The van der Waals surface area contributed by atoms with Gasteiger partial charge >= 0.3 is 0 Å². The van der Waals surface area contributed by atoms with Crippen LogP contribution < -0.4 is 5.32 Å². The van der Waals surface area contributed by atoms with Crippen LogP contribution in [0.25, 0.3) is 0 Å². The van der Waals surface area contributed by atoms with Crippen molar-refractivity contribution in [1.82, 2.24) is 10.2 Å². The molecule has 3 rings (SSSR count). The number of thiophene rings is 1. The van der Waals surface area contributed by atoms with Gasteiger partial charge in [-0.05, 0) is 40.1 Å². The summed E-state index contributed by atoms with van der Waals surface area (Å²) in [6.45, 7) is 3.99. The van der Waals surface area contributed by atoms with E-state index in [1.165, 1.54) is 11.6 Å². The Labute approximate surface area is 116 Å². The summed E-state index contributed by atoms with van der Waals surface area (Å²) in [4.78, 5) is 2.42. The maximum atomic E-state index is 13.5. The molecular formula is C15H17FN2S. The largest absolute Gasteiger partial charge is 0.314 e. The summed E-state index contributed by atoms with van der Waals surface area (Å²) >= 11 is 1.69. The van der Waals surface area contributed by atoms with Crippen molar-refractivity contribution in [3.05, 3.63) is 58.0 Å². The lowest BCUT2D eigenvalue weighted by Gasteiger charge is -2.35. The van der Waals surface area contributed by atoms with Crippen LogP contribution in [-0.4, -0.2) is 31.1 Å². The van der Waals surface area contributed by atoms with Gasteiger partial charge in [0.1, 0.15) is 5.82 Å². The van der Waals surface area contributed by atoms with Crippen molar-refractivity contribution in [2.45, 2.75) is 6.04 Å². The van der Waals surface area contributed by atoms with Gasteiger partial charge in [-0.1, -0.05) is 12.1 Å². The molecule has 1 aromatic heterocycles. The van der Waals surface area contributed by atoms with E-state index >= 15 is 0 Å². The van der Waals surface area contributed by atoms with Gasteiger partial charge in [-0.2, -0.15) is 11.3 Å². The van der Waals surface area contributed by atoms with Crippen LogP contribution in [0.15, 0.2) is 41.1 Å². The highest BCUT2D eigenvalue weighted by molar-refractivity contribution is 7.08. The van der Waals surface area contributed by atoms with E-state index in [1.807, 2.05) is 6.07 Å². The highest BCUT2D eigenvalue weighted by Gasteiger charge is 2.24. The Morgan fingerprint density at radius 1 is 1.16 bits per heavy atom. The van der Waals surface area contributed by atoms with E-state index in [0.29, 0.717) is 0 Å². The predicted octanol–water partition coefficient (Wildman–Crippen LogP) is 2.88. The Morgan fingerprint density at radius 2 is 2.00 bits per heavy atom. The SMILES string of the molecule is Fc1cccc([C@H](c2ccsc2)N2CCNCC2)c1. The second-order valence-corrected chi connectivity index (χ2v) is 5.58. The first-order chi connectivity index (χ1) is 9.34. The molecule has 1 saturated heterocycles. The summed E-state index contributed by atoms with van der Waals surface area (Å²) in [5.74, 6) is -0.159. The maximum Gasteiger partial charge on any atom is 0.123 e. The first kappa shape index (κ1) is 12.8. The monoisotopic (exact) mass is 276 g/mol. The van der Waals surface area contributed by atoms with Gasteiger partial charge in [0.25, 0.3) is 0 Å². The average molecular weight is 276 g/mol. The van der Waals surface area contributed by atoms with Crippen molar-refractivity contribution in [1.29, 1.82) is 0 Å². The zero-order chi connectivity index (χ0) is 13.1. The summed E-state index contributed by atoms with van der Waals surface area (Å²) in [5, 5.41) is 7.62. The minimum absolute atomic E-state index is 0.159. The van der Waals surface area contributed by atoms with Gasteiger partial charge in [-0.25, -0.2) is 4.39 Å². The van der Waals surface area contributed by atoms with Crippen LogP contribution in [0.5, 0.6) is 0 Å². The normalized spacial score (nSPS) is 18.4. The fraction of sp³-hybridized carbons (Fsp3) is 0.333. The number of halogens is 1. The Balaban J connectivity index is 1.96. The number of hydrogen-bond donors (Lipinski definition) is 1. The Hall–Kier alpha value is -1.23. The molecule has 0 saturated carbocycles. The van der Waals surface area contributed by atoms with Crippen molar-refractivity contribution >= 4 is 11.3 Å². The highest BCUT2D eigenvalue weighted by Crippen LogP contribution is 2.30. The molecule has 4 heteroatoms. The molecule has 2 heterocycles. The number of benzene rings is 1. The van der Waals surface area contributed by atoms with Gasteiger partial charge in [0.05, 0.1) is 6.04 Å². The van der Waals surface area contributed by atoms with Gasteiger partial charge in [0.2, 0.25) is 0 Å². The fourth-order valence-electron chi connectivity index (χ4n) is 2.66. The smallest absolute Gasteiger partial charge is 0.123 e. The Kier molecular flexibility index (Phi) is 3.92. The van der Waals surface area contributed by atoms with E-state index in [1.54, 1.807) is 23.5 Å². The third-order valence-electron chi connectivity index (χ3n) is 3.54. The standard InChI is InChI=1S/C15H17FN2S/c16-14-3-1-2-12(10-14)15(13-4-9-19-11-13)18-7-5-17-6-8-18/h1-4,9-11,15,17H,5-8H2/t15-/m1/s1. The van der Waals surface area contributed by atoms with Gasteiger partial charge in [0, 0.05) is 26.2 Å². The number of piperazine rings is 1. The summed E-state index contributed by atoms with van der Waals surface area (Å²) < 4.78 is 13.5. The van der Waals surface area contributed by atoms with Crippen molar-refractivity contribution < 1.29 is 4.39 Å². The molecule has 0 bridgehead atoms. The summed E-state index contributed by atoms with van der Waals surface area (Å²) in [6.07, 6.45) is 0. The molecule has 0 unspecified atom stereocenters. The molecule has 0 aliphatic carbocycles. The lowest BCUT2D eigenvalue weighted by atomic mass is 9.99. The summed E-state index contributed by atoms with van der Waals surface area (Å²) in [5.41, 5.74) is 2.30.